The van der Waals surface area contributed by atoms with E-state index in [2.05, 4.69) is 391 Å². The summed E-state index contributed by atoms with van der Waals surface area (Å²) in [7, 11) is 0. The zero-order valence-corrected chi connectivity index (χ0v) is 81.7. The molecule has 15 aromatic rings. The summed E-state index contributed by atoms with van der Waals surface area (Å²) in [5.41, 5.74) is 26.6. The first-order chi connectivity index (χ1) is 64.0. The van der Waals surface area contributed by atoms with Crippen molar-refractivity contribution in [3.05, 3.63) is 305 Å². The summed E-state index contributed by atoms with van der Waals surface area (Å²) in [6.45, 7) is 60.2. The van der Waals surface area contributed by atoms with Crippen molar-refractivity contribution in [2.45, 2.75) is 245 Å². The molecule has 0 fully saturated rings. The van der Waals surface area contributed by atoms with Crippen molar-refractivity contribution < 1.29 is 13.7 Å². The van der Waals surface area contributed by atoms with Gasteiger partial charge >= 0.3 is 0 Å². The molecule has 13 aromatic carbocycles. The van der Waals surface area contributed by atoms with Gasteiger partial charge in [0.15, 0.2) is 0 Å². The van der Waals surface area contributed by atoms with Crippen LogP contribution in [0, 0.1) is 48.7 Å². The molecular weight excluding hydrogens is 1540 g/mol. The van der Waals surface area contributed by atoms with Crippen molar-refractivity contribution in [3.8, 4) is 55.9 Å². The summed E-state index contributed by atoms with van der Waals surface area (Å²) in [5.74, 6) is 0. The Morgan fingerprint density at radius 2 is 0.539 bits per heavy atom. The lowest BCUT2D eigenvalue weighted by Gasteiger charge is -2.46. The fraction of sp³-hybridized carbons (Fsp3) is 0.366. The summed E-state index contributed by atoms with van der Waals surface area (Å²) in [6, 6.07) is 75.3. The van der Waals surface area contributed by atoms with Gasteiger partial charge in [0, 0.05) is 80.7 Å². The molecule has 0 atom stereocenters. The van der Waals surface area contributed by atoms with Crippen molar-refractivity contribution in [3.63, 3.8) is 0 Å². The average Bonchev–Trinajstić information content (AvgIpc) is 0.977. The zero-order valence-electron chi connectivity index (χ0n) is 91.7. The lowest BCUT2D eigenvalue weighted by Crippen LogP contribution is -2.61. The van der Waals surface area contributed by atoms with E-state index in [4.69, 9.17) is 0 Å². The molecule has 128 heavy (non-hydrogen) atoms. The minimum Gasteiger partial charge on any atom is -0.310 e. The molecule has 0 bridgehead atoms. The molecule has 4 heterocycles. The second-order valence-corrected chi connectivity index (χ2v) is 48.5. The maximum absolute atomic E-state index is 11.3. The highest BCUT2D eigenvalue weighted by Crippen LogP contribution is 2.56. The van der Waals surface area contributed by atoms with E-state index >= 15 is 0 Å². The van der Waals surface area contributed by atoms with E-state index in [1.807, 2.05) is 20.8 Å². The van der Waals surface area contributed by atoms with E-state index < -0.39 is 18.5 Å². The number of benzene rings is 13. The topological polar surface area (TPSA) is 16.3 Å². The maximum atomic E-state index is 11.3. The SMILES string of the molecule is [2H]c1c([2H])c([2H])c2c(c1[2H])c1cc(CC(C)(C)C)ccc1n2-c1ccc2c(c1)N(c1c(-c3cccc(CC(C)(C)C)c3)cc(CC(C)(C)C)cc1-c1cccc(CC(C)(C)C)c1)c1cc(C([2H])([2H])C(C)(C)C)cc3c1B2c1ccc(-n2c4ccc(CC(C)(C)C)cc4c4c([2H])c([2H])c([2H])c([2H])c42)cc1N3c1c(-c2cccc(CC(C)(C)C)c2)cc(CC(C)(C)C)cc1-c1cccc(CC(C)(C)C)c1. The van der Waals surface area contributed by atoms with Crippen LogP contribution in [0.2, 0.25) is 0 Å². The van der Waals surface area contributed by atoms with Crippen LogP contribution in [0.4, 0.5) is 34.1 Å². The van der Waals surface area contributed by atoms with Gasteiger partial charge in [0.1, 0.15) is 0 Å². The average molecular weight is 1700 g/mol. The van der Waals surface area contributed by atoms with E-state index in [9.17, 15) is 13.7 Å². The second kappa shape index (κ2) is 32.6. The van der Waals surface area contributed by atoms with Gasteiger partial charge in [-0.3, -0.25) is 0 Å². The summed E-state index contributed by atoms with van der Waals surface area (Å²) < 4.78 is 106. The summed E-state index contributed by atoms with van der Waals surface area (Å²) in [6.07, 6.45) is 4.00. The van der Waals surface area contributed by atoms with Gasteiger partial charge in [0.05, 0.1) is 44.4 Å². The standard InChI is InChI=1S/C123H141BN4/c1-115(2,3)70-79-36-32-40-88(56-79)96-62-85(76-121(19,20)21)63-97(89-41-33-37-80(57-89)71-116(4,5)6)113(96)127-108-68-92(125-104-46-30-28-44-94(104)100-60-83(48-54-106(100)125)74-119(13,14)15)50-52-102(108)124-103-53-51-93(126-105-47-31-29-45-95(105)101-61-84(49-55-107(101)126)75-120(16,17)18)69-109(103)128(111-67-87(78-123(25,26)27)66-110(127)112(111)124)114-98(90-42-34-38-81(58-90)72-117(7,8)9)64-86(77-122(22,23)24)65-99(114)91-43-35-39-82(59-91)73-118(10,11)12/h28-69H,70-78H2,1-27H3/i28D,29D,30D,31D,44D,45D,46D,47D,78D2. The van der Waals surface area contributed by atoms with Gasteiger partial charge < -0.3 is 18.9 Å². The molecule has 0 aliphatic carbocycles. The Balaban J connectivity index is 1.13. The molecule has 0 spiro atoms. The van der Waals surface area contributed by atoms with Gasteiger partial charge in [-0.1, -0.05) is 345 Å². The number of hydrogen-bond donors (Lipinski definition) is 0. The third-order valence-corrected chi connectivity index (χ3v) is 24.6. The van der Waals surface area contributed by atoms with E-state index in [0.29, 0.717) is 38.7 Å². The van der Waals surface area contributed by atoms with Crippen LogP contribution in [-0.4, -0.2) is 15.8 Å². The maximum Gasteiger partial charge on any atom is 0.252 e. The van der Waals surface area contributed by atoms with Crippen LogP contribution in [0.3, 0.4) is 0 Å². The Morgan fingerprint density at radius 1 is 0.250 bits per heavy atom. The quantitative estimate of drug-likeness (QED) is 0.0845. The number of anilines is 6. The third-order valence-electron chi connectivity index (χ3n) is 24.6. The molecule has 0 unspecified atom stereocenters. The van der Waals surface area contributed by atoms with Gasteiger partial charge in [-0.2, -0.15) is 0 Å². The highest BCUT2D eigenvalue weighted by molar-refractivity contribution is 7.00. The number of para-hydroxylation sites is 2. The van der Waals surface area contributed by atoms with Gasteiger partial charge in [0.2, 0.25) is 0 Å². The normalized spacial score (nSPS) is 14.9. The highest BCUT2D eigenvalue weighted by atomic mass is 15.2. The van der Waals surface area contributed by atoms with E-state index in [0.717, 1.165) is 190 Å². The molecule has 0 N–H and O–H groups in total. The molecule has 656 valence electrons. The van der Waals surface area contributed by atoms with Crippen LogP contribution in [-0.2, 0) is 57.7 Å². The van der Waals surface area contributed by atoms with Gasteiger partial charge in [-0.15, -0.1) is 0 Å². The molecule has 0 saturated carbocycles. The van der Waals surface area contributed by atoms with Crippen molar-refractivity contribution >= 4 is 101 Å². The first-order valence-electron chi connectivity index (χ1n) is 51.9. The largest absolute Gasteiger partial charge is 0.310 e. The Hall–Kier alpha value is -10.9. The molecule has 5 heteroatoms. The molecule has 0 amide bonds. The predicted molar refractivity (Wildman–Crippen MR) is 559 cm³/mol. The minimum atomic E-state index is -2.10. The van der Waals surface area contributed by atoms with Crippen LogP contribution >= 0.6 is 0 Å². The molecular formula is C123H141BN4. The lowest BCUT2D eigenvalue weighted by molar-refractivity contribution is 0.410. The van der Waals surface area contributed by atoms with Crippen LogP contribution < -0.4 is 26.2 Å². The fourth-order valence-electron chi connectivity index (χ4n) is 20.8. The van der Waals surface area contributed by atoms with Gasteiger partial charge in [0.25, 0.3) is 6.71 Å². The van der Waals surface area contributed by atoms with E-state index in [-0.39, 0.29) is 91.7 Å². The molecule has 4 nitrogen and oxygen atoms in total. The number of rotatable bonds is 17. The molecule has 17 rings (SSSR count). The number of fused-ring (bicyclic) bond motifs is 10. The smallest absolute Gasteiger partial charge is 0.252 e. The Kier molecular flexibility index (Phi) is 19.7. The second-order valence-electron chi connectivity index (χ2n) is 48.5. The number of hydrogen-bond acceptors (Lipinski definition) is 2. The third kappa shape index (κ3) is 19.1. The first kappa shape index (κ1) is 77.1. The van der Waals surface area contributed by atoms with Crippen LogP contribution in [0.1, 0.15) is 251 Å². The Bertz CT molecular complexity index is 6840. The summed E-state index contributed by atoms with van der Waals surface area (Å²) in [4.78, 5) is 5.02. The zero-order chi connectivity index (χ0) is 100.0. The van der Waals surface area contributed by atoms with Gasteiger partial charge in [-0.25, -0.2) is 0 Å². The first-order valence-corrected chi connectivity index (χ1v) is 46.9. The van der Waals surface area contributed by atoms with Crippen molar-refractivity contribution in [2.24, 2.45) is 48.7 Å². The molecule has 2 aliphatic rings. The van der Waals surface area contributed by atoms with E-state index in [1.54, 1.807) is 0 Å². The number of nitrogens with zero attached hydrogens (tertiary/aromatic N) is 4. The molecule has 0 radical (unpaired) electrons. The summed E-state index contributed by atoms with van der Waals surface area (Å²) >= 11 is 0. The van der Waals surface area contributed by atoms with Crippen LogP contribution in [0.25, 0.3) is 99.5 Å². The Labute approximate surface area is 782 Å². The summed E-state index contributed by atoms with van der Waals surface area (Å²) in [5, 5.41) is 2.30. The van der Waals surface area contributed by atoms with Crippen molar-refractivity contribution in [1.82, 2.24) is 9.13 Å². The van der Waals surface area contributed by atoms with Crippen LogP contribution in [0.5, 0.6) is 0 Å². The fourth-order valence-corrected chi connectivity index (χ4v) is 20.8. The van der Waals surface area contributed by atoms with Crippen molar-refractivity contribution in [2.75, 3.05) is 9.80 Å². The Morgan fingerprint density at radius 3 is 0.836 bits per heavy atom. The lowest BCUT2D eigenvalue weighted by atomic mass is 9.33. The molecule has 0 saturated heterocycles. The minimum absolute atomic E-state index is 0.0895. The van der Waals surface area contributed by atoms with Crippen LogP contribution in [0.15, 0.2) is 255 Å². The predicted octanol–water partition coefficient (Wildman–Crippen LogP) is 32.9. The molecule has 2 aliphatic heterocycles. The van der Waals surface area contributed by atoms with Gasteiger partial charge in [-0.05, 0) is 292 Å². The monoisotopic (exact) mass is 1700 g/mol. The highest BCUT2D eigenvalue weighted by Gasteiger charge is 2.47. The van der Waals surface area contributed by atoms with Crippen molar-refractivity contribution in [1.29, 1.82) is 0 Å². The number of aromatic nitrogens is 2. The van der Waals surface area contributed by atoms with E-state index in [1.165, 1.54) is 22.3 Å². The molecule has 2 aromatic heterocycles.